The zero-order valence-corrected chi connectivity index (χ0v) is 14.9. The van der Waals surface area contributed by atoms with Crippen molar-refractivity contribution in [1.29, 1.82) is 0 Å². The molecule has 1 N–H and O–H groups in total. The van der Waals surface area contributed by atoms with Crippen LogP contribution in [0.5, 0.6) is 0 Å². The summed E-state index contributed by atoms with van der Waals surface area (Å²) in [6, 6.07) is 0.631. The number of hydrogen-bond acceptors (Lipinski definition) is 4. The van der Waals surface area contributed by atoms with Crippen molar-refractivity contribution in [3.63, 3.8) is 0 Å². The van der Waals surface area contributed by atoms with Gasteiger partial charge in [0.05, 0.1) is 12.2 Å². The molecule has 0 amide bonds. The van der Waals surface area contributed by atoms with Gasteiger partial charge in [-0.15, -0.1) is 0 Å². The predicted octanol–water partition coefficient (Wildman–Crippen LogP) is 1.19. The maximum Gasteiger partial charge on any atom is 0.279 e. The maximum absolute atomic E-state index is 12.3. The Morgan fingerprint density at radius 3 is 2.45 bits per heavy atom. The molecule has 0 bridgehead atoms. The van der Waals surface area contributed by atoms with Gasteiger partial charge in [0, 0.05) is 25.7 Å². The smallest absolute Gasteiger partial charge is 0.279 e. The number of hydrogen-bond donors (Lipinski definition) is 1. The molecule has 6 nitrogen and oxygen atoms in total. The molecular formula is C15H31N3O3S. The third kappa shape index (κ3) is 5.16. The average molecular weight is 333 g/mol. The van der Waals surface area contributed by atoms with Crippen molar-refractivity contribution in [3.8, 4) is 0 Å². The number of ether oxygens (including phenoxy) is 1. The first kappa shape index (κ1) is 18.1. The molecule has 2 rings (SSSR count). The molecule has 2 aliphatic heterocycles. The van der Waals surface area contributed by atoms with E-state index in [0.29, 0.717) is 25.7 Å². The van der Waals surface area contributed by atoms with Crippen LogP contribution in [0.3, 0.4) is 0 Å². The molecule has 0 aliphatic carbocycles. The Morgan fingerprint density at radius 1 is 1.14 bits per heavy atom. The predicted molar refractivity (Wildman–Crippen MR) is 88.0 cm³/mol. The minimum absolute atomic E-state index is 0.0467. The summed E-state index contributed by atoms with van der Waals surface area (Å²) in [5.74, 6) is 0. The highest BCUT2D eigenvalue weighted by atomic mass is 32.2. The molecular weight excluding hydrogens is 302 g/mol. The van der Waals surface area contributed by atoms with Crippen molar-refractivity contribution in [2.75, 3.05) is 32.7 Å². The molecule has 0 saturated carbocycles. The molecule has 2 heterocycles. The van der Waals surface area contributed by atoms with E-state index < -0.39 is 10.2 Å². The summed E-state index contributed by atoms with van der Waals surface area (Å²) in [5.41, 5.74) is 0. The molecule has 3 atom stereocenters. The lowest BCUT2D eigenvalue weighted by Gasteiger charge is -2.35. The van der Waals surface area contributed by atoms with E-state index in [-0.39, 0.29) is 12.2 Å². The van der Waals surface area contributed by atoms with Crippen LogP contribution >= 0.6 is 0 Å². The first-order chi connectivity index (χ1) is 10.4. The first-order valence-electron chi connectivity index (χ1n) is 8.52. The Balaban J connectivity index is 1.73. The van der Waals surface area contributed by atoms with Crippen LogP contribution in [0.25, 0.3) is 0 Å². The van der Waals surface area contributed by atoms with Crippen LogP contribution in [0.15, 0.2) is 0 Å². The lowest BCUT2D eigenvalue weighted by atomic mass is 10.0. The van der Waals surface area contributed by atoms with Crippen molar-refractivity contribution >= 4 is 10.2 Å². The second kappa shape index (κ2) is 8.06. The van der Waals surface area contributed by atoms with Gasteiger partial charge in [0.1, 0.15) is 0 Å². The van der Waals surface area contributed by atoms with E-state index in [1.54, 1.807) is 0 Å². The Bertz CT molecular complexity index is 433. The van der Waals surface area contributed by atoms with Crippen LogP contribution in [-0.4, -0.2) is 68.6 Å². The number of piperidine rings is 1. The van der Waals surface area contributed by atoms with E-state index in [0.717, 1.165) is 19.5 Å². The Labute approximate surface area is 135 Å². The van der Waals surface area contributed by atoms with Crippen LogP contribution < -0.4 is 4.72 Å². The van der Waals surface area contributed by atoms with Crippen LogP contribution in [0.4, 0.5) is 0 Å². The summed E-state index contributed by atoms with van der Waals surface area (Å²) in [6.45, 7) is 9.58. The summed E-state index contributed by atoms with van der Waals surface area (Å²) < 4.78 is 34.5. The minimum atomic E-state index is -3.38. The normalized spacial score (nSPS) is 32.2. The van der Waals surface area contributed by atoms with Gasteiger partial charge in [-0.3, -0.25) is 0 Å². The van der Waals surface area contributed by atoms with E-state index >= 15 is 0 Å². The van der Waals surface area contributed by atoms with Crippen molar-refractivity contribution in [2.45, 2.75) is 64.7 Å². The fourth-order valence-electron chi connectivity index (χ4n) is 3.39. The van der Waals surface area contributed by atoms with E-state index in [1.807, 2.05) is 13.8 Å². The molecule has 0 aromatic carbocycles. The fourth-order valence-corrected chi connectivity index (χ4v) is 4.79. The Morgan fingerprint density at radius 2 is 1.82 bits per heavy atom. The molecule has 22 heavy (non-hydrogen) atoms. The Kier molecular flexibility index (Phi) is 6.64. The SMILES string of the molecule is C[C@@H]1CN(S(=O)(=O)NCCCN2CCCC[C@H]2C)C[C@H](C)O1. The lowest BCUT2D eigenvalue weighted by Crippen LogP contribution is -2.52. The van der Waals surface area contributed by atoms with Gasteiger partial charge in [-0.2, -0.15) is 12.7 Å². The molecule has 0 radical (unpaired) electrons. The van der Waals surface area contributed by atoms with Gasteiger partial charge in [-0.25, -0.2) is 4.72 Å². The van der Waals surface area contributed by atoms with E-state index in [2.05, 4.69) is 16.5 Å². The average Bonchev–Trinajstić information content (AvgIpc) is 2.44. The summed E-state index contributed by atoms with van der Waals surface area (Å²) in [5, 5.41) is 0. The molecule has 130 valence electrons. The highest BCUT2D eigenvalue weighted by molar-refractivity contribution is 7.87. The number of morpholine rings is 1. The van der Waals surface area contributed by atoms with Crippen LogP contribution in [0.2, 0.25) is 0 Å². The van der Waals surface area contributed by atoms with E-state index in [9.17, 15) is 8.42 Å². The van der Waals surface area contributed by atoms with Gasteiger partial charge in [0.15, 0.2) is 0 Å². The van der Waals surface area contributed by atoms with Crippen LogP contribution in [0.1, 0.15) is 46.5 Å². The van der Waals surface area contributed by atoms with Gasteiger partial charge >= 0.3 is 0 Å². The third-order valence-corrected chi connectivity index (χ3v) is 6.12. The summed E-state index contributed by atoms with van der Waals surface area (Å²) in [6.07, 6.45) is 4.61. The lowest BCUT2D eigenvalue weighted by molar-refractivity contribution is -0.0443. The van der Waals surface area contributed by atoms with Crippen molar-refractivity contribution in [1.82, 2.24) is 13.9 Å². The van der Waals surface area contributed by atoms with Crippen molar-refractivity contribution in [3.05, 3.63) is 0 Å². The molecule has 2 aliphatic rings. The fraction of sp³-hybridized carbons (Fsp3) is 1.00. The molecule has 0 spiro atoms. The number of nitrogens with zero attached hydrogens (tertiary/aromatic N) is 2. The number of nitrogens with one attached hydrogen (secondary N) is 1. The molecule has 0 unspecified atom stereocenters. The second-order valence-corrected chi connectivity index (χ2v) is 8.46. The topological polar surface area (TPSA) is 61.9 Å². The molecule has 0 aromatic heterocycles. The monoisotopic (exact) mass is 333 g/mol. The number of rotatable bonds is 6. The maximum atomic E-state index is 12.3. The highest BCUT2D eigenvalue weighted by Crippen LogP contribution is 2.16. The second-order valence-electron chi connectivity index (χ2n) is 6.71. The van der Waals surface area contributed by atoms with Gasteiger partial charge in [-0.05, 0) is 53.1 Å². The zero-order chi connectivity index (χ0) is 16.2. The zero-order valence-electron chi connectivity index (χ0n) is 14.1. The third-order valence-electron chi connectivity index (χ3n) is 4.57. The standard InChI is InChI=1S/C15H31N3O3S/c1-13-7-4-5-9-17(13)10-6-8-16-22(19,20)18-11-14(2)21-15(3)12-18/h13-16H,4-12H2,1-3H3/t13-,14-,15+/m1/s1. The Hall–Kier alpha value is -0.210. The quantitative estimate of drug-likeness (QED) is 0.742. The van der Waals surface area contributed by atoms with Gasteiger partial charge in [0.25, 0.3) is 10.2 Å². The van der Waals surface area contributed by atoms with Crippen molar-refractivity contribution in [2.24, 2.45) is 0 Å². The van der Waals surface area contributed by atoms with Gasteiger partial charge in [0.2, 0.25) is 0 Å². The van der Waals surface area contributed by atoms with E-state index in [4.69, 9.17) is 4.74 Å². The first-order valence-corrected chi connectivity index (χ1v) is 9.96. The van der Waals surface area contributed by atoms with Gasteiger partial charge < -0.3 is 9.64 Å². The van der Waals surface area contributed by atoms with Gasteiger partial charge in [-0.1, -0.05) is 6.42 Å². The molecule has 7 heteroatoms. The molecule has 2 saturated heterocycles. The molecule has 0 aromatic rings. The summed E-state index contributed by atoms with van der Waals surface area (Å²) >= 11 is 0. The summed E-state index contributed by atoms with van der Waals surface area (Å²) in [4.78, 5) is 2.47. The highest BCUT2D eigenvalue weighted by Gasteiger charge is 2.30. The molecule has 2 fully saturated rings. The number of likely N-dealkylation sites (tertiary alicyclic amines) is 1. The van der Waals surface area contributed by atoms with Crippen molar-refractivity contribution < 1.29 is 13.2 Å². The van der Waals surface area contributed by atoms with Crippen LogP contribution in [-0.2, 0) is 14.9 Å². The largest absolute Gasteiger partial charge is 0.373 e. The van der Waals surface area contributed by atoms with Crippen LogP contribution in [0, 0.1) is 0 Å². The van der Waals surface area contributed by atoms with E-state index in [1.165, 1.54) is 23.6 Å². The minimum Gasteiger partial charge on any atom is -0.373 e. The summed E-state index contributed by atoms with van der Waals surface area (Å²) in [7, 11) is -3.38.